The Morgan fingerprint density at radius 3 is 2.43 bits per heavy atom. The van der Waals surface area contributed by atoms with E-state index in [1.54, 1.807) is 0 Å². The molecule has 0 aliphatic rings. The highest BCUT2D eigenvalue weighted by Gasteiger charge is 2.25. The van der Waals surface area contributed by atoms with Crippen molar-refractivity contribution in [3.63, 3.8) is 0 Å². The highest BCUT2D eigenvalue weighted by atomic mass is 16.5. The lowest BCUT2D eigenvalue weighted by Gasteiger charge is -2.30. The van der Waals surface area contributed by atoms with Crippen molar-refractivity contribution in [3.05, 3.63) is 60.8 Å². The molecule has 3 aromatic rings. The third kappa shape index (κ3) is 7.09. The highest BCUT2D eigenvalue weighted by Crippen LogP contribution is 2.26. The van der Waals surface area contributed by atoms with Crippen LogP contribution in [0, 0.1) is 0 Å². The van der Waals surface area contributed by atoms with Crippen molar-refractivity contribution < 1.29 is 14.3 Å². The fraction of sp³-hybridized carbons (Fsp3) is 0.370. The van der Waals surface area contributed by atoms with Gasteiger partial charge in [0.25, 0.3) is 0 Å². The zero-order valence-electron chi connectivity index (χ0n) is 21.3. The van der Waals surface area contributed by atoms with Gasteiger partial charge in [0.2, 0.25) is 11.9 Å². The molecular formula is C27H35N5O3. The Morgan fingerprint density at radius 1 is 1.09 bits per heavy atom. The first-order valence-corrected chi connectivity index (χ1v) is 11.8. The molecule has 1 aromatic heterocycles. The minimum Gasteiger partial charge on any atom is -0.494 e. The van der Waals surface area contributed by atoms with Crippen molar-refractivity contribution >= 4 is 17.9 Å². The van der Waals surface area contributed by atoms with Gasteiger partial charge in [-0.1, -0.05) is 36.4 Å². The number of urea groups is 1. The molecule has 3 rings (SSSR count). The van der Waals surface area contributed by atoms with Gasteiger partial charge in [0.1, 0.15) is 12.3 Å². The first kappa shape index (κ1) is 25.8. The van der Waals surface area contributed by atoms with Crippen LogP contribution in [0.5, 0.6) is 5.75 Å². The van der Waals surface area contributed by atoms with Gasteiger partial charge in [0, 0.05) is 29.4 Å². The standard InChI is InChI=1S/C27H35N5O3/c1-7-35-22-15-11-14-21(16-22)32-17-23(20-12-9-8-10-13-20)28-25(32)29-24(33)18-31(19(2)3)26(34)30-27(4,5)6/h8-17,19H,7,18H2,1-6H3,(H,30,34)(H,28,29,33). The summed E-state index contributed by atoms with van der Waals surface area (Å²) >= 11 is 0. The number of nitrogens with zero attached hydrogens (tertiary/aromatic N) is 3. The normalized spacial score (nSPS) is 11.3. The SMILES string of the molecule is CCOc1cccc(-n2cc(-c3ccccc3)nc2NC(=O)CN(C(=O)NC(C)(C)C)C(C)C)c1. The van der Waals surface area contributed by atoms with Gasteiger partial charge in [-0.25, -0.2) is 9.78 Å². The van der Waals surface area contributed by atoms with Crippen LogP contribution in [0.25, 0.3) is 16.9 Å². The van der Waals surface area contributed by atoms with E-state index in [0.717, 1.165) is 17.0 Å². The van der Waals surface area contributed by atoms with Crippen molar-refractivity contribution in [1.82, 2.24) is 19.8 Å². The summed E-state index contributed by atoms with van der Waals surface area (Å²) in [6.45, 7) is 11.8. The van der Waals surface area contributed by atoms with Crippen LogP contribution in [-0.4, -0.2) is 51.1 Å². The smallest absolute Gasteiger partial charge is 0.318 e. The zero-order valence-corrected chi connectivity index (χ0v) is 21.3. The second-order valence-corrected chi connectivity index (χ2v) is 9.57. The van der Waals surface area contributed by atoms with E-state index < -0.39 is 5.54 Å². The van der Waals surface area contributed by atoms with Gasteiger partial charge >= 0.3 is 6.03 Å². The molecule has 1 heterocycles. The van der Waals surface area contributed by atoms with Gasteiger partial charge in [0.05, 0.1) is 18.0 Å². The van der Waals surface area contributed by atoms with Crippen LogP contribution < -0.4 is 15.4 Å². The van der Waals surface area contributed by atoms with Crippen molar-refractivity contribution in [3.8, 4) is 22.7 Å². The summed E-state index contributed by atoms with van der Waals surface area (Å²) < 4.78 is 7.47. The maximum absolute atomic E-state index is 13.1. The topological polar surface area (TPSA) is 88.5 Å². The molecule has 0 saturated heterocycles. The number of benzene rings is 2. The van der Waals surface area contributed by atoms with Crippen molar-refractivity contribution in [1.29, 1.82) is 0 Å². The molecule has 0 bridgehead atoms. The van der Waals surface area contributed by atoms with Crippen LogP contribution in [0.1, 0.15) is 41.5 Å². The largest absolute Gasteiger partial charge is 0.494 e. The number of hydrogen-bond acceptors (Lipinski definition) is 4. The van der Waals surface area contributed by atoms with E-state index in [4.69, 9.17) is 9.72 Å². The van der Waals surface area contributed by atoms with Crippen LogP contribution in [-0.2, 0) is 4.79 Å². The summed E-state index contributed by atoms with van der Waals surface area (Å²) in [4.78, 5) is 32.1. The minimum atomic E-state index is -0.410. The Kier molecular flexibility index (Phi) is 8.17. The molecule has 0 saturated carbocycles. The lowest BCUT2D eigenvalue weighted by atomic mass is 10.1. The second-order valence-electron chi connectivity index (χ2n) is 9.57. The number of carbonyl (C=O) groups excluding carboxylic acids is 2. The van der Waals surface area contributed by atoms with Crippen LogP contribution in [0.4, 0.5) is 10.7 Å². The quantitative estimate of drug-likeness (QED) is 0.473. The van der Waals surface area contributed by atoms with Crippen LogP contribution in [0.2, 0.25) is 0 Å². The third-order valence-corrected chi connectivity index (χ3v) is 5.11. The average molecular weight is 478 g/mol. The fourth-order valence-electron chi connectivity index (χ4n) is 3.50. The summed E-state index contributed by atoms with van der Waals surface area (Å²) in [5, 5.41) is 5.83. The average Bonchev–Trinajstić information content (AvgIpc) is 3.21. The number of aromatic nitrogens is 2. The van der Waals surface area contributed by atoms with E-state index in [-0.39, 0.29) is 24.5 Å². The maximum atomic E-state index is 13.1. The number of amides is 3. The lowest BCUT2D eigenvalue weighted by molar-refractivity contribution is -0.117. The molecular weight excluding hydrogens is 442 g/mol. The van der Waals surface area contributed by atoms with E-state index in [1.165, 1.54) is 4.90 Å². The molecule has 0 atom stereocenters. The van der Waals surface area contributed by atoms with Gasteiger partial charge in [-0.2, -0.15) is 0 Å². The molecule has 0 aliphatic carbocycles. The highest BCUT2D eigenvalue weighted by molar-refractivity contribution is 5.93. The number of rotatable bonds is 8. The minimum absolute atomic E-state index is 0.105. The van der Waals surface area contributed by atoms with Crippen LogP contribution in [0.3, 0.4) is 0 Å². The van der Waals surface area contributed by atoms with Gasteiger partial charge < -0.3 is 15.0 Å². The molecule has 0 unspecified atom stereocenters. The van der Waals surface area contributed by atoms with Crippen molar-refractivity contribution in [2.45, 2.75) is 53.1 Å². The molecule has 0 fully saturated rings. The molecule has 8 nitrogen and oxygen atoms in total. The number of hydrogen-bond donors (Lipinski definition) is 2. The predicted molar refractivity (Wildman–Crippen MR) is 139 cm³/mol. The van der Waals surface area contributed by atoms with Crippen molar-refractivity contribution in [2.75, 3.05) is 18.5 Å². The summed E-state index contributed by atoms with van der Waals surface area (Å²) in [5.74, 6) is 0.750. The van der Waals surface area contributed by atoms with E-state index >= 15 is 0 Å². The van der Waals surface area contributed by atoms with E-state index in [1.807, 2.05) is 107 Å². The molecule has 2 N–H and O–H groups in total. The Morgan fingerprint density at radius 2 is 1.80 bits per heavy atom. The Labute approximate surface area is 207 Å². The summed E-state index contributed by atoms with van der Waals surface area (Å²) in [6, 6.07) is 16.9. The second kappa shape index (κ2) is 11.1. The number of imidazole rings is 1. The van der Waals surface area contributed by atoms with E-state index in [9.17, 15) is 9.59 Å². The molecule has 0 aliphatic heterocycles. The predicted octanol–water partition coefficient (Wildman–Crippen LogP) is 5.10. The molecule has 35 heavy (non-hydrogen) atoms. The Balaban J connectivity index is 1.91. The summed E-state index contributed by atoms with van der Waals surface area (Å²) in [7, 11) is 0. The third-order valence-electron chi connectivity index (χ3n) is 5.11. The van der Waals surface area contributed by atoms with Gasteiger partial charge in [-0.05, 0) is 53.7 Å². The first-order valence-electron chi connectivity index (χ1n) is 11.8. The summed E-state index contributed by atoms with van der Waals surface area (Å²) in [6.07, 6.45) is 1.88. The zero-order chi connectivity index (χ0) is 25.6. The molecule has 0 spiro atoms. The monoisotopic (exact) mass is 477 g/mol. The number of anilines is 1. The molecule has 8 heteroatoms. The maximum Gasteiger partial charge on any atom is 0.318 e. The van der Waals surface area contributed by atoms with E-state index in [0.29, 0.717) is 18.2 Å². The van der Waals surface area contributed by atoms with Crippen LogP contribution in [0.15, 0.2) is 60.8 Å². The molecule has 186 valence electrons. The Hall–Kier alpha value is -3.81. The van der Waals surface area contributed by atoms with Gasteiger partial charge in [-0.3, -0.25) is 14.7 Å². The molecule has 3 amide bonds. The van der Waals surface area contributed by atoms with Crippen molar-refractivity contribution in [2.24, 2.45) is 0 Å². The lowest BCUT2D eigenvalue weighted by Crippen LogP contribution is -2.52. The Bertz CT molecular complexity index is 1150. The van der Waals surface area contributed by atoms with Crippen LogP contribution >= 0.6 is 0 Å². The van der Waals surface area contributed by atoms with Gasteiger partial charge in [-0.15, -0.1) is 0 Å². The van der Waals surface area contributed by atoms with E-state index in [2.05, 4.69) is 10.6 Å². The molecule has 0 radical (unpaired) electrons. The fourth-order valence-corrected chi connectivity index (χ4v) is 3.50. The number of nitrogens with one attached hydrogen (secondary N) is 2. The summed E-state index contributed by atoms with van der Waals surface area (Å²) in [5.41, 5.74) is 2.03. The number of carbonyl (C=O) groups is 2. The first-order chi connectivity index (χ1) is 16.6. The molecule has 2 aromatic carbocycles. The number of ether oxygens (including phenoxy) is 1. The van der Waals surface area contributed by atoms with Gasteiger partial charge in [0.15, 0.2) is 0 Å².